The highest BCUT2D eigenvalue weighted by Crippen LogP contribution is 2.26. The van der Waals surface area contributed by atoms with E-state index in [1.165, 1.54) is 38.5 Å². The summed E-state index contributed by atoms with van der Waals surface area (Å²) in [5.41, 5.74) is 6.23. The van der Waals surface area contributed by atoms with E-state index < -0.39 is 0 Å². The molecule has 0 heterocycles. The normalized spacial score (nSPS) is 41.2. The average Bonchev–Trinajstić information content (AvgIpc) is 1.83. The van der Waals surface area contributed by atoms with Crippen LogP contribution in [-0.4, -0.2) is 5.54 Å². The second-order valence-electron chi connectivity index (χ2n) is 4.54. The van der Waals surface area contributed by atoms with Crippen molar-refractivity contribution in [1.82, 2.24) is 0 Å². The number of rotatable bonds is 0. The molecule has 0 radical (unpaired) electrons. The molecule has 1 rings (SSSR count). The molecular formula is C10H21N. The van der Waals surface area contributed by atoms with E-state index in [-0.39, 0.29) is 5.54 Å². The van der Waals surface area contributed by atoms with Gasteiger partial charge in [-0.15, -0.1) is 0 Å². The SMILES string of the molecule is CC1CCCC(C)(N)CCC1. The van der Waals surface area contributed by atoms with E-state index in [1.54, 1.807) is 0 Å². The van der Waals surface area contributed by atoms with Gasteiger partial charge in [0.25, 0.3) is 0 Å². The summed E-state index contributed by atoms with van der Waals surface area (Å²) in [6, 6.07) is 0. The van der Waals surface area contributed by atoms with Gasteiger partial charge in [-0.25, -0.2) is 0 Å². The van der Waals surface area contributed by atoms with Gasteiger partial charge in [0.2, 0.25) is 0 Å². The Bertz CT molecular complexity index is 106. The molecule has 0 aromatic heterocycles. The number of hydrogen-bond acceptors (Lipinski definition) is 1. The largest absolute Gasteiger partial charge is 0.325 e. The van der Waals surface area contributed by atoms with Gasteiger partial charge in [-0.3, -0.25) is 0 Å². The van der Waals surface area contributed by atoms with Crippen LogP contribution in [0.15, 0.2) is 0 Å². The third-order valence-corrected chi connectivity index (χ3v) is 2.89. The summed E-state index contributed by atoms with van der Waals surface area (Å²) < 4.78 is 0. The lowest BCUT2D eigenvalue weighted by Gasteiger charge is -2.28. The topological polar surface area (TPSA) is 26.0 Å². The van der Waals surface area contributed by atoms with Crippen molar-refractivity contribution in [2.24, 2.45) is 11.7 Å². The van der Waals surface area contributed by atoms with Crippen molar-refractivity contribution in [2.75, 3.05) is 0 Å². The Kier molecular flexibility index (Phi) is 2.94. The molecule has 0 bridgehead atoms. The summed E-state index contributed by atoms with van der Waals surface area (Å²) in [5.74, 6) is 0.936. The van der Waals surface area contributed by atoms with Crippen LogP contribution in [0.3, 0.4) is 0 Å². The van der Waals surface area contributed by atoms with Gasteiger partial charge < -0.3 is 5.73 Å². The minimum atomic E-state index is 0.139. The van der Waals surface area contributed by atoms with E-state index in [0.29, 0.717) is 0 Å². The molecule has 0 unspecified atom stereocenters. The molecule has 0 amide bonds. The highest BCUT2D eigenvalue weighted by molar-refractivity contribution is 4.80. The van der Waals surface area contributed by atoms with Gasteiger partial charge in [-0.05, 0) is 25.7 Å². The predicted octanol–water partition coefficient (Wildman–Crippen LogP) is 2.69. The second kappa shape index (κ2) is 3.57. The monoisotopic (exact) mass is 155 g/mol. The summed E-state index contributed by atoms with van der Waals surface area (Å²) in [4.78, 5) is 0. The zero-order valence-corrected chi connectivity index (χ0v) is 7.90. The van der Waals surface area contributed by atoms with Crippen molar-refractivity contribution < 1.29 is 0 Å². The average molecular weight is 155 g/mol. The lowest BCUT2D eigenvalue weighted by atomic mass is 9.83. The lowest BCUT2D eigenvalue weighted by Crippen LogP contribution is -2.36. The molecule has 1 aliphatic carbocycles. The summed E-state index contributed by atoms with van der Waals surface area (Å²) >= 11 is 0. The highest BCUT2D eigenvalue weighted by atomic mass is 14.7. The summed E-state index contributed by atoms with van der Waals surface area (Å²) in [6.07, 6.45) is 7.86. The van der Waals surface area contributed by atoms with E-state index in [4.69, 9.17) is 5.73 Å². The van der Waals surface area contributed by atoms with Crippen LogP contribution < -0.4 is 5.73 Å². The summed E-state index contributed by atoms with van der Waals surface area (Å²) in [7, 11) is 0. The van der Waals surface area contributed by atoms with Crippen LogP contribution in [0.4, 0.5) is 0 Å². The van der Waals surface area contributed by atoms with Gasteiger partial charge in [-0.1, -0.05) is 32.6 Å². The van der Waals surface area contributed by atoms with Crippen LogP contribution in [0.1, 0.15) is 52.4 Å². The first kappa shape index (κ1) is 9.05. The van der Waals surface area contributed by atoms with Crippen molar-refractivity contribution in [3.63, 3.8) is 0 Å². The molecule has 66 valence electrons. The van der Waals surface area contributed by atoms with Crippen molar-refractivity contribution in [3.05, 3.63) is 0 Å². The minimum Gasteiger partial charge on any atom is -0.325 e. The van der Waals surface area contributed by atoms with E-state index in [0.717, 1.165) is 5.92 Å². The zero-order chi connectivity index (χ0) is 8.32. The Morgan fingerprint density at radius 3 is 2.09 bits per heavy atom. The van der Waals surface area contributed by atoms with Crippen LogP contribution in [0.2, 0.25) is 0 Å². The fraction of sp³-hybridized carbons (Fsp3) is 1.00. The molecule has 2 N–H and O–H groups in total. The van der Waals surface area contributed by atoms with Gasteiger partial charge in [0.1, 0.15) is 0 Å². The molecule has 1 heteroatoms. The highest BCUT2D eigenvalue weighted by Gasteiger charge is 2.20. The van der Waals surface area contributed by atoms with E-state index in [9.17, 15) is 0 Å². The fourth-order valence-corrected chi connectivity index (χ4v) is 1.98. The molecule has 0 aliphatic heterocycles. The molecular weight excluding hydrogens is 134 g/mol. The van der Waals surface area contributed by atoms with Crippen molar-refractivity contribution in [1.29, 1.82) is 0 Å². The molecule has 1 nitrogen and oxygen atoms in total. The Labute approximate surface area is 70.4 Å². The number of nitrogens with two attached hydrogens (primary N) is 1. The maximum absolute atomic E-state index is 6.09. The molecule has 1 aliphatic rings. The minimum absolute atomic E-state index is 0.139. The third kappa shape index (κ3) is 3.24. The molecule has 1 saturated carbocycles. The van der Waals surface area contributed by atoms with Gasteiger partial charge in [-0.2, -0.15) is 0 Å². The molecule has 1 fully saturated rings. The van der Waals surface area contributed by atoms with E-state index in [2.05, 4.69) is 13.8 Å². The maximum atomic E-state index is 6.09. The Balaban J connectivity index is 2.35. The standard InChI is InChI=1S/C10H21N/c1-9-5-3-7-10(2,11)8-4-6-9/h9H,3-8,11H2,1-2H3. The first-order chi connectivity index (χ1) is 5.10. The van der Waals surface area contributed by atoms with Crippen molar-refractivity contribution in [2.45, 2.75) is 57.9 Å². The van der Waals surface area contributed by atoms with Crippen LogP contribution in [-0.2, 0) is 0 Å². The quantitative estimate of drug-likeness (QED) is 0.572. The molecule has 0 saturated heterocycles. The van der Waals surface area contributed by atoms with Crippen LogP contribution in [0.25, 0.3) is 0 Å². The molecule has 0 aromatic carbocycles. The Morgan fingerprint density at radius 2 is 1.64 bits per heavy atom. The third-order valence-electron chi connectivity index (χ3n) is 2.89. The molecule has 0 atom stereocenters. The molecule has 0 spiro atoms. The number of hydrogen-bond donors (Lipinski definition) is 1. The Hall–Kier alpha value is -0.0400. The zero-order valence-electron chi connectivity index (χ0n) is 7.90. The van der Waals surface area contributed by atoms with Gasteiger partial charge in [0, 0.05) is 5.54 Å². The van der Waals surface area contributed by atoms with Crippen LogP contribution in [0.5, 0.6) is 0 Å². The molecule has 11 heavy (non-hydrogen) atoms. The smallest absolute Gasteiger partial charge is 0.0125 e. The summed E-state index contributed by atoms with van der Waals surface area (Å²) in [6.45, 7) is 4.56. The van der Waals surface area contributed by atoms with Gasteiger partial charge >= 0.3 is 0 Å². The van der Waals surface area contributed by atoms with E-state index in [1.807, 2.05) is 0 Å². The predicted molar refractivity (Wildman–Crippen MR) is 49.5 cm³/mol. The van der Waals surface area contributed by atoms with E-state index >= 15 is 0 Å². The van der Waals surface area contributed by atoms with Crippen LogP contribution >= 0.6 is 0 Å². The van der Waals surface area contributed by atoms with Crippen LogP contribution in [0, 0.1) is 5.92 Å². The summed E-state index contributed by atoms with van der Waals surface area (Å²) in [5, 5.41) is 0. The maximum Gasteiger partial charge on any atom is 0.0125 e. The first-order valence-corrected chi connectivity index (χ1v) is 4.89. The van der Waals surface area contributed by atoms with Crippen molar-refractivity contribution in [3.8, 4) is 0 Å². The lowest BCUT2D eigenvalue weighted by molar-refractivity contribution is 0.305. The fourth-order valence-electron chi connectivity index (χ4n) is 1.98. The first-order valence-electron chi connectivity index (χ1n) is 4.89. The second-order valence-corrected chi connectivity index (χ2v) is 4.54. The van der Waals surface area contributed by atoms with Gasteiger partial charge in [0.15, 0.2) is 0 Å². The Morgan fingerprint density at radius 1 is 1.18 bits per heavy atom. The van der Waals surface area contributed by atoms with Crippen molar-refractivity contribution >= 4 is 0 Å². The molecule has 0 aromatic rings. The van der Waals surface area contributed by atoms with Gasteiger partial charge in [0.05, 0.1) is 0 Å².